The molecule has 7 heteroatoms. The molecule has 1 atom stereocenters. The average molecular weight is 516 g/mol. The molecule has 29 heavy (non-hydrogen) atoms. The maximum absolute atomic E-state index is 6.13. The number of piperidine rings is 1. The van der Waals surface area contributed by atoms with Crippen molar-refractivity contribution in [3.63, 3.8) is 0 Å². The lowest BCUT2D eigenvalue weighted by Crippen LogP contribution is -2.48. The highest BCUT2D eigenvalue weighted by atomic mass is 127. The number of benzene rings is 1. The second-order valence-electron chi connectivity index (χ2n) is 7.64. The topological polar surface area (TPSA) is 49.3 Å². The summed E-state index contributed by atoms with van der Waals surface area (Å²) in [6.07, 6.45) is 4.86. The fourth-order valence-corrected chi connectivity index (χ4v) is 4.10. The summed E-state index contributed by atoms with van der Waals surface area (Å²) in [6.45, 7) is 8.86. The van der Waals surface area contributed by atoms with Crippen LogP contribution in [0, 0.1) is 0 Å². The minimum absolute atomic E-state index is 0. The number of likely N-dealkylation sites (tertiary alicyclic amines) is 2. The van der Waals surface area contributed by atoms with Gasteiger partial charge in [0.05, 0.1) is 13.2 Å². The Morgan fingerprint density at radius 1 is 1.14 bits per heavy atom. The summed E-state index contributed by atoms with van der Waals surface area (Å²) in [5.74, 6) is 2.03. The SMILES string of the molecule is CCNC(=NCC1CCCN1CCOC)N1CCC(Oc2ccccc2)CC1.I. The standard InChI is InChI=1S/C22H36N4O2.HI/c1-3-23-22(24-18-19-8-7-13-25(19)16-17-27-2)26-14-11-21(12-15-26)28-20-9-5-4-6-10-20;/h4-6,9-10,19,21H,3,7-8,11-18H2,1-2H3,(H,23,24);1H. The molecule has 6 nitrogen and oxygen atoms in total. The van der Waals surface area contributed by atoms with Crippen LogP contribution in [0.3, 0.4) is 0 Å². The highest BCUT2D eigenvalue weighted by Gasteiger charge is 2.26. The van der Waals surface area contributed by atoms with Crippen molar-refractivity contribution in [2.75, 3.05) is 53.0 Å². The van der Waals surface area contributed by atoms with Crippen LogP contribution in [0.5, 0.6) is 5.75 Å². The lowest BCUT2D eigenvalue weighted by molar-refractivity contribution is 0.129. The minimum Gasteiger partial charge on any atom is -0.490 e. The van der Waals surface area contributed by atoms with E-state index in [0.29, 0.717) is 12.1 Å². The Kier molecular flexibility index (Phi) is 11.1. The van der Waals surface area contributed by atoms with Crippen LogP contribution < -0.4 is 10.1 Å². The molecule has 164 valence electrons. The van der Waals surface area contributed by atoms with Gasteiger partial charge in [-0.2, -0.15) is 0 Å². The van der Waals surface area contributed by atoms with Crippen LogP contribution in [0.15, 0.2) is 35.3 Å². The molecule has 1 aromatic carbocycles. The Balaban J connectivity index is 0.00000300. The molecule has 0 radical (unpaired) electrons. The lowest BCUT2D eigenvalue weighted by Gasteiger charge is -2.34. The molecule has 0 spiro atoms. The van der Waals surface area contributed by atoms with Crippen molar-refractivity contribution in [2.24, 2.45) is 4.99 Å². The Hall–Kier alpha value is -1.06. The van der Waals surface area contributed by atoms with Crippen LogP contribution in [0.1, 0.15) is 32.6 Å². The van der Waals surface area contributed by atoms with E-state index in [1.807, 2.05) is 30.3 Å². The van der Waals surface area contributed by atoms with Gasteiger partial charge >= 0.3 is 0 Å². The summed E-state index contributed by atoms with van der Waals surface area (Å²) in [5.41, 5.74) is 0. The van der Waals surface area contributed by atoms with E-state index in [0.717, 1.165) is 63.9 Å². The van der Waals surface area contributed by atoms with Crippen molar-refractivity contribution >= 4 is 29.9 Å². The second kappa shape index (κ2) is 13.3. The van der Waals surface area contributed by atoms with Crippen LogP contribution in [0.4, 0.5) is 0 Å². The molecule has 0 saturated carbocycles. The van der Waals surface area contributed by atoms with Crippen molar-refractivity contribution in [3.8, 4) is 5.75 Å². The Bertz CT molecular complexity index is 594. The van der Waals surface area contributed by atoms with E-state index in [4.69, 9.17) is 14.5 Å². The van der Waals surface area contributed by atoms with Crippen LogP contribution in [0.2, 0.25) is 0 Å². The number of ether oxygens (including phenoxy) is 2. The lowest BCUT2D eigenvalue weighted by atomic mass is 10.1. The third-order valence-corrected chi connectivity index (χ3v) is 5.66. The number of guanidine groups is 1. The molecule has 2 aliphatic rings. The molecule has 2 fully saturated rings. The first-order valence-corrected chi connectivity index (χ1v) is 10.8. The van der Waals surface area contributed by atoms with Gasteiger partial charge < -0.3 is 19.7 Å². The van der Waals surface area contributed by atoms with E-state index >= 15 is 0 Å². The zero-order valence-electron chi connectivity index (χ0n) is 17.9. The second-order valence-corrected chi connectivity index (χ2v) is 7.64. The molecule has 0 bridgehead atoms. The van der Waals surface area contributed by atoms with Gasteiger partial charge in [-0.15, -0.1) is 24.0 Å². The fourth-order valence-electron chi connectivity index (χ4n) is 4.10. The van der Waals surface area contributed by atoms with Crippen LogP contribution >= 0.6 is 24.0 Å². The molecule has 0 aromatic heterocycles. The van der Waals surface area contributed by atoms with Crippen LogP contribution in [-0.4, -0.2) is 80.9 Å². The normalized spacial score (nSPS) is 21.1. The Morgan fingerprint density at radius 3 is 2.59 bits per heavy atom. The molecule has 0 aliphatic carbocycles. The van der Waals surface area contributed by atoms with E-state index in [-0.39, 0.29) is 24.0 Å². The highest BCUT2D eigenvalue weighted by molar-refractivity contribution is 14.0. The largest absolute Gasteiger partial charge is 0.490 e. The van der Waals surface area contributed by atoms with Crippen molar-refractivity contribution in [1.82, 2.24) is 15.1 Å². The predicted octanol–water partition coefficient (Wildman–Crippen LogP) is 3.22. The third kappa shape index (κ3) is 7.61. The maximum Gasteiger partial charge on any atom is 0.193 e. The molecule has 1 aromatic rings. The number of aliphatic imine (C=N–C) groups is 1. The van der Waals surface area contributed by atoms with Gasteiger partial charge in [-0.1, -0.05) is 18.2 Å². The maximum atomic E-state index is 6.13. The number of halogens is 1. The van der Waals surface area contributed by atoms with Crippen molar-refractivity contribution in [3.05, 3.63) is 30.3 Å². The average Bonchev–Trinajstić information content (AvgIpc) is 3.18. The summed E-state index contributed by atoms with van der Waals surface area (Å²) >= 11 is 0. The molecular weight excluding hydrogens is 479 g/mol. The monoisotopic (exact) mass is 516 g/mol. The van der Waals surface area contributed by atoms with Gasteiger partial charge in [0, 0.05) is 52.2 Å². The molecular formula is C22H37IN4O2. The Morgan fingerprint density at radius 2 is 1.90 bits per heavy atom. The number of nitrogens with zero attached hydrogens (tertiary/aromatic N) is 3. The number of rotatable bonds is 8. The van der Waals surface area contributed by atoms with Crippen molar-refractivity contribution in [1.29, 1.82) is 0 Å². The van der Waals surface area contributed by atoms with Gasteiger partial charge in [0.1, 0.15) is 11.9 Å². The molecule has 1 N–H and O–H groups in total. The van der Waals surface area contributed by atoms with Gasteiger partial charge in [0.2, 0.25) is 0 Å². The van der Waals surface area contributed by atoms with E-state index < -0.39 is 0 Å². The zero-order valence-corrected chi connectivity index (χ0v) is 20.2. The van der Waals surface area contributed by atoms with Gasteiger partial charge in [-0.25, -0.2) is 0 Å². The third-order valence-electron chi connectivity index (χ3n) is 5.66. The Labute approximate surface area is 193 Å². The van der Waals surface area contributed by atoms with Gasteiger partial charge in [0.15, 0.2) is 5.96 Å². The molecule has 3 rings (SSSR count). The van der Waals surface area contributed by atoms with Gasteiger partial charge in [0.25, 0.3) is 0 Å². The first kappa shape index (κ1) is 24.2. The van der Waals surface area contributed by atoms with E-state index in [9.17, 15) is 0 Å². The number of hydrogen-bond donors (Lipinski definition) is 1. The quantitative estimate of drug-likeness (QED) is 0.327. The van der Waals surface area contributed by atoms with E-state index in [1.165, 1.54) is 19.4 Å². The smallest absolute Gasteiger partial charge is 0.193 e. The molecule has 2 heterocycles. The first-order valence-electron chi connectivity index (χ1n) is 10.8. The summed E-state index contributed by atoms with van der Waals surface area (Å²) in [7, 11) is 1.78. The zero-order chi connectivity index (χ0) is 19.6. The highest BCUT2D eigenvalue weighted by Crippen LogP contribution is 2.20. The van der Waals surface area contributed by atoms with Gasteiger partial charge in [-0.05, 0) is 38.4 Å². The molecule has 2 aliphatic heterocycles. The summed E-state index contributed by atoms with van der Waals surface area (Å²) in [6, 6.07) is 10.7. The van der Waals surface area contributed by atoms with E-state index in [1.54, 1.807) is 7.11 Å². The van der Waals surface area contributed by atoms with Crippen molar-refractivity contribution < 1.29 is 9.47 Å². The number of hydrogen-bond acceptors (Lipinski definition) is 4. The summed E-state index contributed by atoms with van der Waals surface area (Å²) in [5, 5.41) is 3.49. The molecule has 2 saturated heterocycles. The first-order chi connectivity index (χ1) is 13.8. The molecule has 0 amide bonds. The van der Waals surface area contributed by atoms with Gasteiger partial charge in [-0.3, -0.25) is 9.89 Å². The summed E-state index contributed by atoms with van der Waals surface area (Å²) in [4.78, 5) is 9.91. The molecule has 1 unspecified atom stereocenters. The van der Waals surface area contributed by atoms with Crippen LogP contribution in [-0.2, 0) is 4.74 Å². The predicted molar refractivity (Wildman–Crippen MR) is 130 cm³/mol. The number of nitrogens with one attached hydrogen (secondary N) is 1. The fraction of sp³-hybridized carbons (Fsp3) is 0.682. The van der Waals surface area contributed by atoms with E-state index in [2.05, 4.69) is 22.0 Å². The number of methoxy groups -OCH3 is 1. The van der Waals surface area contributed by atoms with Crippen molar-refractivity contribution in [2.45, 2.75) is 44.8 Å². The summed E-state index contributed by atoms with van der Waals surface area (Å²) < 4.78 is 11.4. The number of para-hydroxylation sites is 1. The minimum atomic E-state index is 0. The van der Waals surface area contributed by atoms with Crippen LogP contribution in [0.25, 0.3) is 0 Å².